The minimum absolute atomic E-state index is 0.0336. The summed E-state index contributed by atoms with van der Waals surface area (Å²) in [6, 6.07) is 0. The molecule has 0 amide bonds. The molecule has 0 spiro atoms. The van der Waals surface area contributed by atoms with Gasteiger partial charge in [0, 0.05) is 17.9 Å². The number of esters is 3. The molecule has 0 saturated heterocycles. The number of carbonyl (C=O) groups is 4. The maximum Gasteiger partial charge on any atom is 0.350 e. The average Bonchev–Trinajstić information content (AvgIpc) is 3.07. The second-order valence-corrected chi connectivity index (χ2v) is 7.97. The van der Waals surface area contributed by atoms with Crippen LogP contribution in [0.15, 0.2) is 12.2 Å². The first-order valence-corrected chi connectivity index (χ1v) is 10.7. The van der Waals surface area contributed by atoms with Gasteiger partial charge in [-0.3, -0.25) is 9.59 Å². The Bertz CT molecular complexity index is 650. The van der Waals surface area contributed by atoms with Crippen molar-refractivity contribution in [3.05, 3.63) is 12.2 Å². The Morgan fingerprint density at radius 3 is 2.47 bits per heavy atom. The number of ketones is 1. The molecule has 0 aliphatic heterocycles. The number of ether oxygens (including phenoxy) is 4. The van der Waals surface area contributed by atoms with Gasteiger partial charge >= 0.3 is 17.9 Å². The minimum Gasteiger partial charge on any atom is -0.454 e. The van der Waals surface area contributed by atoms with E-state index in [9.17, 15) is 19.2 Å². The molecule has 0 heterocycles. The van der Waals surface area contributed by atoms with E-state index in [0.717, 1.165) is 25.7 Å². The van der Waals surface area contributed by atoms with E-state index in [1.54, 1.807) is 0 Å². The van der Waals surface area contributed by atoms with Crippen molar-refractivity contribution in [1.29, 1.82) is 0 Å². The first kappa shape index (κ1) is 24.1. The van der Waals surface area contributed by atoms with Gasteiger partial charge in [0.15, 0.2) is 18.7 Å². The summed E-state index contributed by atoms with van der Waals surface area (Å²) in [4.78, 5) is 48.6. The fraction of sp³-hybridized carbons (Fsp3) is 0.727. The molecule has 0 aromatic rings. The number of rotatable bonds is 10. The number of Topliss-reactive ketones (excluding diaryl/α,β-unsaturated/α-hetero) is 1. The Morgan fingerprint density at radius 2 is 1.83 bits per heavy atom. The summed E-state index contributed by atoms with van der Waals surface area (Å²) in [5.74, 6) is -2.68. The number of hydrogen-bond donors (Lipinski definition) is 0. The highest BCUT2D eigenvalue weighted by molar-refractivity contribution is 5.91. The average molecular weight is 424 g/mol. The first-order valence-electron chi connectivity index (χ1n) is 10.7. The van der Waals surface area contributed by atoms with Crippen LogP contribution < -0.4 is 0 Å². The third-order valence-electron chi connectivity index (χ3n) is 5.56. The highest BCUT2D eigenvalue weighted by Gasteiger charge is 2.38. The monoisotopic (exact) mass is 424 g/mol. The highest BCUT2D eigenvalue weighted by Crippen LogP contribution is 2.28. The van der Waals surface area contributed by atoms with Crippen LogP contribution in [0.3, 0.4) is 0 Å². The van der Waals surface area contributed by atoms with Gasteiger partial charge in [-0.05, 0) is 32.6 Å². The van der Waals surface area contributed by atoms with Gasteiger partial charge in [0.05, 0.1) is 12.5 Å². The van der Waals surface area contributed by atoms with Gasteiger partial charge in [-0.15, -0.1) is 0 Å². The van der Waals surface area contributed by atoms with Crippen molar-refractivity contribution in [2.24, 2.45) is 5.92 Å². The van der Waals surface area contributed by atoms with Gasteiger partial charge in [0.1, 0.15) is 0 Å². The van der Waals surface area contributed by atoms with E-state index < -0.39 is 36.5 Å². The van der Waals surface area contributed by atoms with Crippen molar-refractivity contribution in [2.75, 3.05) is 6.79 Å². The van der Waals surface area contributed by atoms with Gasteiger partial charge in [-0.25, -0.2) is 9.59 Å². The summed E-state index contributed by atoms with van der Waals surface area (Å²) in [5, 5.41) is 0. The number of hydrogen-bond acceptors (Lipinski definition) is 8. The molecule has 3 atom stereocenters. The quantitative estimate of drug-likeness (QED) is 0.228. The van der Waals surface area contributed by atoms with Crippen molar-refractivity contribution in [3.63, 3.8) is 0 Å². The molecule has 2 rings (SSSR count). The summed E-state index contributed by atoms with van der Waals surface area (Å²) >= 11 is 0. The molecule has 0 aromatic carbocycles. The zero-order valence-corrected chi connectivity index (χ0v) is 17.9. The van der Waals surface area contributed by atoms with Crippen LogP contribution in [0.25, 0.3) is 0 Å². The smallest absolute Gasteiger partial charge is 0.350 e. The Hall–Kier alpha value is -2.22. The SMILES string of the molecule is C=C(C)C(=O)OC(CC(=O)OC1C(=O)CCC1CC)C(=O)OCOC1CCCCC1. The van der Waals surface area contributed by atoms with Crippen LogP contribution in [0, 0.1) is 5.92 Å². The summed E-state index contributed by atoms with van der Waals surface area (Å²) in [6.07, 6.45) is 4.06. The van der Waals surface area contributed by atoms with Gasteiger partial charge in [-0.1, -0.05) is 32.8 Å². The van der Waals surface area contributed by atoms with Crippen LogP contribution in [-0.4, -0.2) is 48.8 Å². The van der Waals surface area contributed by atoms with Crippen molar-refractivity contribution < 1.29 is 38.1 Å². The van der Waals surface area contributed by atoms with Crippen molar-refractivity contribution in [3.8, 4) is 0 Å². The maximum atomic E-state index is 12.4. The van der Waals surface area contributed by atoms with E-state index in [4.69, 9.17) is 18.9 Å². The van der Waals surface area contributed by atoms with Gasteiger partial charge < -0.3 is 18.9 Å². The van der Waals surface area contributed by atoms with Gasteiger partial charge in [-0.2, -0.15) is 0 Å². The molecule has 8 nitrogen and oxygen atoms in total. The molecule has 0 aromatic heterocycles. The fourth-order valence-corrected chi connectivity index (χ4v) is 3.72. The topological polar surface area (TPSA) is 105 Å². The zero-order chi connectivity index (χ0) is 22.1. The second-order valence-electron chi connectivity index (χ2n) is 7.97. The molecule has 30 heavy (non-hydrogen) atoms. The number of carbonyl (C=O) groups excluding carboxylic acids is 4. The fourth-order valence-electron chi connectivity index (χ4n) is 3.72. The molecule has 0 bridgehead atoms. The third-order valence-corrected chi connectivity index (χ3v) is 5.56. The van der Waals surface area contributed by atoms with Crippen LogP contribution in [-0.2, 0) is 38.1 Å². The van der Waals surface area contributed by atoms with Crippen molar-refractivity contribution in [1.82, 2.24) is 0 Å². The van der Waals surface area contributed by atoms with Crippen LogP contribution in [0.5, 0.6) is 0 Å². The van der Waals surface area contributed by atoms with Crippen LogP contribution in [0.4, 0.5) is 0 Å². The molecular formula is C22H32O8. The molecule has 0 N–H and O–H groups in total. The van der Waals surface area contributed by atoms with Crippen molar-refractivity contribution in [2.45, 2.75) is 89.9 Å². The molecule has 2 aliphatic rings. The van der Waals surface area contributed by atoms with E-state index >= 15 is 0 Å². The second kappa shape index (κ2) is 11.8. The molecule has 3 unspecified atom stereocenters. The Morgan fingerprint density at radius 1 is 1.13 bits per heavy atom. The molecule has 2 saturated carbocycles. The molecule has 2 fully saturated rings. The van der Waals surface area contributed by atoms with E-state index in [2.05, 4.69) is 6.58 Å². The predicted molar refractivity (Wildman–Crippen MR) is 106 cm³/mol. The minimum atomic E-state index is -1.49. The van der Waals surface area contributed by atoms with Crippen molar-refractivity contribution >= 4 is 23.7 Å². The molecule has 168 valence electrons. The maximum absolute atomic E-state index is 12.4. The summed E-state index contributed by atoms with van der Waals surface area (Å²) in [5.41, 5.74) is 0.0802. The highest BCUT2D eigenvalue weighted by atomic mass is 16.7. The van der Waals surface area contributed by atoms with E-state index in [1.165, 1.54) is 13.3 Å². The molecule has 0 radical (unpaired) electrons. The lowest BCUT2D eigenvalue weighted by atomic mass is 9.98. The van der Waals surface area contributed by atoms with Crippen LogP contribution >= 0.6 is 0 Å². The third kappa shape index (κ3) is 7.23. The lowest BCUT2D eigenvalue weighted by Crippen LogP contribution is -2.35. The molecular weight excluding hydrogens is 392 g/mol. The molecule has 2 aliphatic carbocycles. The predicted octanol–water partition coefficient (Wildman–Crippen LogP) is 3.02. The van der Waals surface area contributed by atoms with Crippen LogP contribution in [0.1, 0.15) is 71.6 Å². The Balaban J connectivity index is 1.91. The Labute approximate surface area is 177 Å². The standard InChI is InChI=1S/C22H32O8/c1-4-15-10-11-17(23)20(15)30-19(24)12-18(29-21(25)14(2)3)22(26)28-13-27-16-8-6-5-7-9-16/h15-16,18,20H,2,4-13H2,1,3H3. The largest absolute Gasteiger partial charge is 0.454 e. The van der Waals surface area contributed by atoms with Gasteiger partial charge in [0.25, 0.3) is 0 Å². The summed E-state index contributed by atoms with van der Waals surface area (Å²) in [7, 11) is 0. The van der Waals surface area contributed by atoms with E-state index in [-0.39, 0.29) is 30.2 Å². The lowest BCUT2D eigenvalue weighted by Gasteiger charge is -2.23. The first-order chi connectivity index (χ1) is 14.3. The van der Waals surface area contributed by atoms with Crippen LogP contribution in [0.2, 0.25) is 0 Å². The summed E-state index contributed by atoms with van der Waals surface area (Å²) < 4.78 is 21.0. The van der Waals surface area contributed by atoms with E-state index in [1.807, 2.05) is 6.92 Å². The molecule has 8 heteroatoms. The lowest BCUT2D eigenvalue weighted by molar-refractivity contribution is -0.182. The van der Waals surface area contributed by atoms with E-state index in [0.29, 0.717) is 19.3 Å². The zero-order valence-electron chi connectivity index (χ0n) is 17.9. The normalized spacial score (nSPS) is 22.9. The summed E-state index contributed by atoms with van der Waals surface area (Å²) in [6.45, 7) is 6.54. The Kier molecular flexibility index (Phi) is 9.49. The van der Waals surface area contributed by atoms with Gasteiger partial charge in [0.2, 0.25) is 6.10 Å².